The van der Waals surface area contributed by atoms with Gasteiger partial charge in [-0.2, -0.15) is 0 Å². The number of rotatable bonds is 10. The van der Waals surface area contributed by atoms with Crippen molar-refractivity contribution >= 4 is 17.7 Å². The zero-order chi connectivity index (χ0) is 25.5. The monoisotopic (exact) mass is 474 g/mol. The first-order chi connectivity index (χ1) is 15.9. The highest BCUT2D eigenvalue weighted by molar-refractivity contribution is 5.97. The van der Waals surface area contributed by atoms with Gasteiger partial charge in [-0.05, 0) is 62.5 Å². The molecule has 2 N–H and O–H groups in total. The van der Waals surface area contributed by atoms with E-state index < -0.39 is 6.04 Å². The molecule has 1 atom stereocenters. The summed E-state index contributed by atoms with van der Waals surface area (Å²) in [6.07, 6.45) is 1.26. The average molecular weight is 475 g/mol. The van der Waals surface area contributed by atoms with Crippen LogP contribution in [0, 0.1) is 17.3 Å². The van der Waals surface area contributed by atoms with Gasteiger partial charge in [0.25, 0.3) is 5.91 Å². The van der Waals surface area contributed by atoms with E-state index in [1.54, 1.807) is 36.3 Å². The first-order valence-corrected chi connectivity index (χ1v) is 12.1. The Morgan fingerprint density at radius 3 is 2.21 bits per heavy atom. The minimum absolute atomic E-state index is 0.0115. The maximum Gasteiger partial charge on any atom is 0.251 e. The van der Waals surface area contributed by atoms with Crippen molar-refractivity contribution in [2.75, 3.05) is 47.4 Å². The van der Waals surface area contributed by atoms with Crippen LogP contribution >= 0.6 is 0 Å². The van der Waals surface area contributed by atoms with E-state index in [1.165, 1.54) is 0 Å². The highest BCUT2D eigenvalue weighted by Gasteiger charge is 2.33. The summed E-state index contributed by atoms with van der Waals surface area (Å²) in [7, 11) is 5.63. The summed E-state index contributed by atoms with van der Waals surface area (Å²) in [5.41, 5.74) is 0.467. The second-order valence-corrected chi connectivity index (χ2v) is 10.6. The van der Waals surface area contributed by atoms with E-state index in [2.05, 4.69) is 29.4 Å². The molecule has 0 radical (unpaired) electrons. The quantitative estimate of drug-likeness (QED) is 0.543. The van der Waals surface area contributed by atoms with Crippen LogP contribution in [0.2, 0.25) is 0 Å². The Kier molecular flexibility index (Phi) is 9.91. The van der Waals surface area contributed by atoms with Gasteiger partial charge < -0.3 is 25.2 Å². The van der Waals surface area contributed by atoms with Crippen LogP contribution in [0.4, 0.5) is 0 Å². The summed E-state index contributed by atoms with van der Waals surface area (Å²) in [6.45, 7) is 10.7. The summed E-state index contributed by atoms with van der Waals surface area (Å²) >= 11 is 0. The maximum atomic E-state index is 13.2. The summed E-state index contributed by atoms with van der Waals surface area (Å²) in [6, 6.07) is 6.18. The molecule has 0 aromatic heterocycles. The molecule has 0 aliphatic carbocycles. The number of hydrogen-bond acceptors (Lipinski definition) is 5. The van der Waals surface area contributed by atoms with E-state index in [0.717, 1.165) is 6.54 Å². The van der Waals surface area contributed by atoms with Gasteiger partial charge >= 0.3 is 0 Å². The van der Waals surface area contributed by atoms with E-state index in [-0.39, 0.29) is 35.0 Å². The Morgan fingerprint density at radius 2 is 1.71 bits per heavy atom. The minimum Gasteiger partial charge on any atom is -0.497 e. The number of piperidine rings is 1. The van der Waals surface area contributed by atoms with Crippen molar-refractivity contribution in [3.8, 4) is 5.75 Å². The Hall–Kier alpha value is -2.61. The van der Waals surface area contributed by atoms with Crippen LogP contribution in [-0.2, 0) is 9.59 Å². The van der Waals surface area contributed by atoms with E-state index in [4.69, 9.17) is 4.74 Å². The highest BCUT2D eigenvalue weighted by atomic mass is 16.5. The topological polar surface area (TPSA) is 91.0 Å². The number of methoxy groups -OCH3 is 1. The van der Waals surface area contributed by atoms with Crippen molar-refractivity contribution < 1.29 is 19.1 Å². The Labute approximate surface area is 204 Å². The van der Waals surface area contributed by atoms with E-state index >= 15 is 0 Å². The van der Waals surface area contributed by atoms with Gasteiger partial charge in [0.05, 0.1) is 7.11 Å². The van der Waals surface area contributed by atoms with Crippen LogP contribution in [0.15, 0.2) is 24.3 Å². The number of nitrogens with zero attached hydrogens (tertiary/aromatic N) is 2. The first kappa shape index (κ1) is 27.6. The van der Waals surface area contributed by atoms with Gasteiger partial charge in [0.1, 0.15) is 11.8 Å². The minimum atomic E-state index is -0.619. The number of likely N-dealkylation sites (tertiary alicyclic amines) is 1. The molecule has 1 saturated heterocycles. The standard InChI is InChI=1S/C26H42N4O4/c1-18(2)22(28-24(32)19-8-10-21(34-7)11-9-19)25(33)30-14-12-20(13-15-30)23(31)27-16-26(3,4)17-29(5)6/h8-11,18,20,22H,12-17H2,1-7H3,(H,27,31)(H,28,32). The average Bonchev–Trinajstić information content (AvgIpc) is 2.79. The number of ether oxygens (including phenoxy) is 1. The number of carbonyl (C=O) groups is 3. The zero-order valence-corrected chi connectivity index (χ0v) is 21.8. The van der Waals surface area contributed by atoms with Crippen molar-refractivity contribution in [1.29, 1.82) is 0 Å². The van der Waals surface area contributed by atoms with Gasteiger partial charge in [-0.15, -0.1) is 0 Å². The second kappa shape index (κ2) is 12.2. The van der Waals surface area contributed by atoms with Crippen molar-refractivity contribution in [2.45, 2.75) is 46.6 Å². The predicted octanol–water partition coefficient (Wildman–Crippen LogP) is 2.39. The van der Waals surface area contributed by atoms with E-state index in [1.807, 2.05) is 27.9 Å². The predicted molar refractivity (Wildman–Crippen MR) is 134 cm³/mol. The lowest BCUT2D eigenvalue weighted by Gasteiger charge is -2.35. The molecule has 8 nitrogen and oxygen atoms in total. The molecule has 1 aromatic rings. The molecule has 3 amide bonds. The molecule has 2 rings (SSSR count). The largest absolute Gasteiger partial charge is 0.497 e. The number of nitrogens with one attached hydrogen (secondary N) is 2. The fraction of sp³-hybridized carbons (Fsp3) is 0.654. The van der Waals surface area contributed by atoms with Gasteiger partial charge in [-0.25, -0.2) is 0 Å². The lowest BCUT2D eigenvalue weighted by Crippen LogP contribution is -2.54. The fourth-order valence-corrected chi connectivity index (χ4v) is 4.42. The van der Waals surface area contributed by atoms with Crippen molar-refractivity contribution in [3.05, 3.63) is 29.8 Å². The molecular weight excluding hydrogens is 432 g/mol. The van der Waals surface area contributed by atoms with Gasteiger partial charge in [-0.3, -0.25) is 14.4 Å². The molecule has 1 heterocycles. The third-order valence-electron chi connectivity index (χ3n) is 6.23. The molecular formula is C26H42N4O4. The lowest BCUT2D eigenvalue weighted by molar-refractivity contribution is -0.138. The summed E-state index contributed by atoms with van der Waals surface area (Å²) in [4.78, 5) is 42.6. The summed E-state index contributed by atoms with van der Waals surface area (Å²) < 4.78 is 5.14. The van der Waals surface area contributed by atoms with Crippen LogP contribution in [0.25, 0.3) is 0 Å². The molecule has 0 bridgehead atoms. The highest BCUT2D eigenvalue weighted by Crippen LogP contribution is 2.21. The molecule has 8 heteroatoms. The van der Waals surface area contributed by atoms with Crippen LogP contribution < -0.4 is 15.4 Å². The first-order valence-electron chi connectivity index (χ1n) is 12.1. The van der Waals surface area contributed by atoms with Gasteiger partial charge in [0.15, 0.2) is 0 Å². The van der Waals surface area contributed by atoms with Crippen LogP contribution in [0.3, 0.4) is 0 Å². The Bertz CT molecular complexity index is 828. The Morgan fingerprint density at radius 1 is 1.12 bits per heavy atom. The normalized spacial score (nSPS) is 15.9. The molecule has 34 heavy (non-hydrogen) atoms. The number of hydrogen-bond donors (Lipinski definition) is 2. The van der Waals surface area contributed by atoms with Crippen molar-refractivity contribution in [3.63, 3.8) is 0 Å². The fourth-order valence-electron chi connectivity index (χ4n) is 4.42. The van der Waals surface area contributed by atoms with E-state index in [9.17, 15) is 14.4 Å². The van der Waals surface area contributed by atoms with Crippen LogP contribution in [-0.4, -0.2) is 80.9 Å². The van der Waals surface area contributed by atoms with Gasteiger partial charge in [0, 0.05) is 37.7 Å². The van der Waals surface area contributed by atoms with Crippen molar-refractivity contribution in [1.82, 2.24) is 20.4 Å². The SMILES string of the molecule is COc1ccc(C(=O)NC(C(=O)N2CCC(C(=O)NCC(C)(C)CN(C)C)CC2)C(C)C)cc1. The number of carbonyl (C=O) groups excluding carboxylic acids is 3. The Balaban J connectivity index is 1.90. The summed E-state index contributed by atoms with van der Waals surface area (Å²) in [5, 5.41) is 6.00. The van der Waals surface area contributed by atoms with Gasteiger partial charge in [-0.1, -0.05) is 27.7 Å². The number of amides is 3. The molecule has 1 aliphatic heterocycles. The van der Waals surface area contributed by atoms with Crippen molar-refractivity contribution in [2.24, 2.45) is 17.3 Å². The summed E-state index contributed by atoms with van der Waals surface area (Å²) in [5.74, 6) is 0.195. The molecule has 0 spiro atoms. The van der Waals surface area contributed by atoms with Crippen LogP contribution in [0.5, 0.6) is 5.75 Å². The number of benzene rings is 1. The third-order valence-corrected chi connectivity index (χ3v) is 6.23. The molecule has 1 unspecified atom stereocenters. The third kappa shape index (κ3) is 8.01. The lowest BCUT2D eigenvalue weighted by atomic mass is 9.91. The van der Waals surface area contributed by atoms with Crippen LogP contribution in [0.1, 0.15) is 50.9 Å². The zero-order valence-electron chi connectivity index (χ0n) is 21.8. The molecule has 1 aliphatic rings. The molecule has 0 saturated carbocycles. The second-order valence-electron chi connectivity index (χ2n) is 10.6. The maximum absolute atomic E-state index is 13.2. The molecule has 1 fully saturated rings. The molecule has 190 valence electrons. The van der Waals surface area contributed by atoms with Gasteiger partial charge in [0.2, 0.25) is 11.8 Å². The van der Waals surface area contributed by atoms with E-state index in [0.29, 0.717) is 43.8 Å². The molecule has 1 aromatic carbocycles. The smallest absolute Gasteiger partial charge is 0.251 e.